The lowest BCUT2D eigenvalue weighted by Gasteiger charge is -2.11. The van der Waals surface area contributed by atoms with Gasteiger partial charge < -0.3 is 10.8 Å². The Morgan fingerprint density at radius 3 is 2.67 bits per heavy atom. The summed E-state index contributed by atoms with van der Waals surface area (Å²) < 4.78 is 1.05. The molecule has 4 heteroatoms. The zero-order valence-electron chi connectivity index (χ0n) is 9.71. The summed E-state index contributed by atoms with van der Waals surface area (Å²) in [6, 6.07) is 15.4. The van der Waals surface area contributed by atoms with Gasteiger partial charge in [-0.25, -0.2) is 0 Å². The Balaban J connectivity index is 1.98. The number of benzene rings is 2. The molecule has 2 rings (SSSR count). The first kappa shape index (κ1) is 13.5. The molecule has 2 aromatic rings. The molecule has 0 aliphatic rings. The van der Waals surface area contributed by atoms with Gasteiger partial charge >= 0.3 is 0 Å². The van der Waals surface area contributed by atoms with Gasteiger partial charge in [-0.1, -0.05) is 34.1 Å². The van der Waals surface area contributed by atoms with E-state index >= 15 is 0 Å². The Bertz CT molecular complexity index is 533. The van der Waals surface area contributed by atoms with Crippen molar-refractivity contribution in [1.29, 1.82) is 0 Å². The summed E-state index contributed by atoms with van der Waals surface area (Å²) in [4.78, 5) is 1.13. The van der Waals surface area contributed by atoms with Gasteiger partial charge in [0.1, 0.15) is 0 Å². The number of anilines is 1. The van der Waals surface area contributed by atoms with Gasteiger partial charge in [0.2, 0.25) is 0 Å². The van der Waals surface area contributed by atoms with Crippen molar-refractivity contribution < 1.29 is 5.11 Å². The number of thioether (sulfide) groups is 1. The highest BCUT2D eigenvalue weighted by molar-refractivity contribution is 9.10. The molecule has 94 valence electrons. The largest absolute Gasteiger partial charge is 0.399 e. The van der Waals surface area contributed by atoms with E-state index in [1.54, 1.807) is 11.8 Å². The predicted molar refractivity (Wildman–Crippen MR) is 80.7 cm³/mol. The summed E-state index contributed by atoms with van der Waals surface area (Å²) in [6.07, 6.45) is -0.502. The Hall–Kier alpha value is -0.970. The fourth-order valence-electron chi connectivity index (χ4n) is 1.59. The average Bonchev–Trinajstić information content (AvgIpc) is 2.36. The van der Waals surface area contributed by atoms with Crippen molar-refractivity contribution in [3.05, 3.63) is 58.6 Å². The van der Waals surface area contributed by atoms with Crippen LogP contribution in [0, 0.1) is 0 Å². The van der Waals surface area contributed by atoms with Crippen molar-refractivity contribution in [2.45, 2.75) is 11.0 Å². The highest BCUT2D eigenvalue weighted by Gasteiger charge is 2.08. The number of halogens is 1. The van der Waals surface area contributed by atoms with E-state index in [1.165, 1.54) is 0 Å². The van der Waals surface area contributed by atoms with E-state index in [0.717, 1.165) is 14.9 Å². The van der Waals surface area contributed by atoms with Gasteiger partial charge in [-0.05, 0) is 35.9 Å². The lowest BCUT2D eigenvalue weighted by atomic mass is 10.1. The molecule has 0 saturated heterocycles. The van der Waals surface area contributed by atoms with E-state index in [4.69, 9.17) is 5.73 Å². The van der Waals surface area contributed by atoms with Gasteiger partial charge in [0.15, 0.2) is 0 Å². The fraction of sp³-hybridized carbons (Fsp3) is 0.143. The van der Waals surface area contributed by atoms with Crippen molar-refractivity contribution in [2.75, 3.05) is 11.5 Å². The number of hydrogen-bond donors (Lipinski definition) is 2. The first-order valence-electron chi connectivity index (χ1n) is 5.57. The molecule has 0 heterocycles. The number of hydrogen-bond acceptors (Lipinski definition) is 3. The van der Waals surface area contributed by atoms with Crippen LogP contribution in [0.25, 0.3) is 0 Å². The molecule has 0 radical (unpaired) electrons. The van der Waals surface area contributed by atoms with Gasteiger partial charge in [-0.15, -0.1) is 11.8 Å². The monoisotopic (exact) mass is 323 g/mol. The summed E-state index contributed by atoms with van der Waals surface area (Å²) in [6.45, 7) is 0. The minimum Gasteiger partial charge on any atom is -0.399 e. The second kappa shape index (κ2) is 6.27. The second-order valence-corrected chi connectivity index (χ2v) is 5.96. The molecule has 0 fully saturated rings. The molecule has 1 atom stereocenters. The summed E-state index contributed by atoms with van der Waals surface area (Å²) in [5.74, 6) is 0.611. The SMILES string of the molecule is Nc1cccc(C(O)CSc2cccc(Br)c2)c1. The molecule has 2 nitrogen and oxygen atoms in total. The third-order valence-corrected chi connectivity index (χ3v) is 4.06. The quantitative estimate of drug-likeness (QED) is 0.663. The molecule has 18 heavy (non-hydrogen) atoms. The Kier molecular flexibility index (Phi) is 4.69. The summed E-state index contributed by atoms with van der Waals surface area (Å²) in [5.41, 5.74) is 7.24. The Morgan fingerprint density at radius 1 is 1.17 bits per heavy atom. The van der Waals surface area contributed by atoms with Crippen LogP contribution < -0.4 is 5.73 Å². The third kappa shape index (κ3) is 3.77. The molecule has 1 unspecified atom stereocenters. The van der Waals surface area contributed by atoms with Crippen LogP contribution in [0.1, 0.15) is 11.7 Å². The van der Waals surface area contributed by atoms with Crippen molar-refractivity contribution in [1.82, 2.24) is 0 Å². The zero-order chi connectivity index (χ0) is 13.0. The minimum atomic E-state index is -0.502. The van der Waals surface area contributed by atoms with Gasteiger partial charge in [-0.2, -0.15) is 0 Å². The molecular weight excluding hydrogens is 310 g/mol. The van der Waals surface area contributed by atoms with Crippen LogP contribution in [0.3, 0.4) is 0 Å². The first-order chi connectivity index (χ1) is 8.65. The smallest absolute Gasteiger partial charge is 0.0884 e. The van der Waals surface area contributed by atoms with E-state index in [9.17, 15) is 5.11 Å². The molecule has 2 aromatic carbocycles. The van der Waals surface area contributed by atoms with Gasteiger partial charge in [0.05, 0.1) is 6.10 Å². The molecule has 3 N–H and O–H groups in total. The van der Waals surface area contributed by atoms with Crippen LogP contribution in [-0.2, 0) is 0 Å². The minimum absolute atomic E-state index is 0.502. The fourth-order valence-corrected chi connectivity index (χ4v) is 3.07. The van der Waals surface area contributed by atoms with Crippen LogP contribution in [0.15, 0.2) is 57.9 Å². The highest BCUT2D eigenvalue weighted by atomic mass is 79.9. The van der Waals surface area contributed by atoms with Gasteiger partial charge in [0, 0.05) is 20.8 Å². The summed E-state index contributed by atoms with van der Waals surface area (Å²) in [7, 11) is 0. The van der Waals surface area contributed by atoms with Crippen molar-refractivity contribution in [3.8, 4) is 0 Å². The molecule has 0 saturated carbocycles. The van der Waals surface area contributed by atoms with E-state index in [-0.39, 0.29) is 0 Å². The number of aliphatic hydroxyl groups is 1. The van der Waals surface area contributed by atoms with Crippen LogP contribution in [0.4, 0.5) is 5.69 Å². The summed E-state index contributed by atoms with van der Waals surface area (Å²) in [5, 5.41) is 10.1. The Morgan fingerprint density at radius 2 is 1.94 bits per heavy atom. The van der Waals surface area contributed by atoms with E-state index in [1.807, 2.05) is 48.5 Å². The maximum Gasteiger partial charge on any atom is 0.0884 e. The number of nitrogen functional groups attached to an aromatic ring is 1. The molecule has 0 bridgehead atoms. The van der Waals surface area contributed by atoms with Crippen LogP contribution in [-0.4, -0.2) is 10.9 Å². The lowest BCUT2D eigenvalue weighted by Crippen LogP contribution is -2.01. The molecular formula is C14H14BrNOS. The van der Waals surface area contributed by atoms with Crippen molar-refractivity contribution >= 4 is 33.4 Å². The topological polar surface area (TPSA) is 46.2 Å². The maximum atomic E-state index is 10.1. The van der Waals surface area contributed by atoms with Crippen LogP contribution >= 0.6 is 27.7 Å². The first-order valence-corrected chi connectivity index (χ1v) is 7.35. The molecule has 0 aliphatic carbocycles. The number of aliphatic hydroxyl groups excluding tert-OH is 1. The molecule has 0 spiro atoms. The third-order valence-electron chi connectivity index (χ3n) is 2.50. The van der Waals surface area contributed by atoms with Gasteiger partial charge in [-0.3, -0.25) is 0 Å². The second-order valence-electron chi connectivity index (χ2n) is 3.95. The predicted octanol–water partition coefficient (Wildman–Crippen LogP) is 3.86. The molecule has 0 aliphatic heterocycles. The van der Waals surface area contributed by atoms with Crippen molar-refractivity contribution in [2.24, 2.45) is 0 Å². The average molecular weight is 324 g/mol. The van der Waals surface area contributed by atoms with Gasteiger partial charge in [0.25, 0.3) is 0 Å². The number of rotatable bonds is 4. The molecule has 0 aromatic heterocycles. The van der Waals surface area contributed by atoms with Crippen LogP contribution in [0.2, 0.25) is 0 Å². The zero-order valence-corrected chi connectivity index (χ0v) is 12.1. The molecule has 0 amide bonds. The number of nitrogens with two attached hydrogens (primary N) is 1. The lowest BCUT2D eigenvalue weighted by molar-refractivity contribution is 0.204. The van der Waals surface area contributed by atoms with E-state index in [0.29, 0.717) is 11.4 Å². The highest BCUT2D eigenvalue weighted by Crippen LogP contribution is 2.27. The van der Waals surface area contributed by atoms with E-state index in [2.05, 4.69) is 15.9 Å². The normalized spacial score (nSPS) is 12.3. The maximum absolute atomic E-state index is 10.1. The van der Waals surface area contributed by atoms with Crippen molar-refractivity contribution in [3.63, 3.8) is 0 Å². The van der Waals surface area contributed by atoms with Crippen LogP contribution in [0.5, 0.6) is 0 Å². The van der Waals surface area contributed by atoms with E-state index < -0.39 is 6.10 Å². The Labute approximate surface area is 119 Å². The standard InChI is InChI=1S/C14H14BrNOS/c15-11-4-2-6-13(8-11)18-9-14(17)10-3-1-5-12(16)7-10/h1-8,14,17H,9,16H2. The summed E-state index contributed by atoms with van der Waals surface area (Å²) >= 11 is 5.05.